The van der Waals surface area contributed by atoms with Crippen LogP contribution in [0.1, 0.15) is 38.8 Å². The molecule has 0 saturated carbocycles. The molecule has 2 atom stereocenters. The molecule has 0 spiro atoms. The molecule has 5 heteroatoms. The summed E-state index contributed by atoms with van der Waals surface area (Å²) in [5.74, 6) is 0.0220. The Hall–Kier alpha value is -1.43. The van der Waals surface area contributed by atoms with Gasteiger partial charge in [0.2, 0.25) is 0 Å². The van der Waals surface area contributed by atoms with E-state index in [9.17, 15) is 10.0 Å². The van der Waals surface area contributed by atoms with Gasteiger partial charge in [-0.3, -0.25) is 4.79 Å². The van der Waals surface area contributed by atoms with Crippen molar-refractivity contribution in [2.75, 3.05) is 7.05 Å². The molecule has 1 amide bonds. The van der Waals surface area contributed by atoms with Gasteiger partial charge in [-0.2, -0.15) is 0 Å². The van der Waals surface area contributed by atoms with Gasteiger partial charge < -0.3 is 15.6 Å². The number of hydroxylamine groups is 2. The van der Waals surface area contributed by atoms with Crippen LogP contribution in [-0.4, -0.2) is 39.3 Å². The van der Waals surface area contributed by atoms with Crippen LogP contribution in [0.5, 0.6) is 0 Å². The third-order valence-electron chi connectivity index (χ3n) is 4.96. The first kappa shape index (κ1) is 17.6. The lowest BCUT2D eigenvalue weighted by atomic mass is 9.90. The van der Waals surface area contributed by atoms with E-state index in [1.165, 1.54) is 5.06 Å². The number of rotatable bonds is 2. The van der Waals surface area contributed by atoms with Crippen molar-refractivity contribution in [3.63, 3.8) is 0 Å². The molecule has 1 aromatic carbocycles. The zero-order valence-corrected chi connectivity index (χ0v) is 13.6. The van der Waals surface area contributed by atoms with Gasteiger partial charge in [-0.15, -0.1) is 5.06 Å². The maximum Gasteiger partial charge on any atom is 0.251 e. The fraction of sp³-hybridized carbons (Fsp3) is 0.562. The first-order valence-electron chi connectivity index (χ1n) is 7.01. The molecule has 0 aliphatic carbocycles. The minimum atomic E-state index is -1.04. The van der Waals surface area contributed by atoms with Crippen LogP contribution in [0.4, 0.5) is 0 Å². The van der Waals surface area contributed by atoms with Crippen molar-refractivity contribution >= 4 is 5.91 Å². The van der Waals surface area contributed by atoms with E-state index in [1.807, 2.05) is 52.0 Å². The third kappa shape index (κ3) is 2.16. The van der Waals surface area contributed by atoms with E-state index < -0.39 is 11.2 Å². The normalized spacial score (nSPS) is 29.9. The molecule has 1 aliphatic rings. The van der Waals surface area contributed by atoms with Gasteiger partial charge in [-0.05, 0) is 32.3 Å². The van der Waals surface area contributed by atoms with Gasteiger partial charge >= 0.3 is 0 Å². The van der Waals surface area contributed by atoms with E-state index in [4.69, 9.17) is 0 Å². The van der Waals surface area contributed by atoms with E-state index in [1.54, 1.807) is 18.9 Å². The van der Waals surface area contributed by atoms with E-state index in [2.05, 4.69) is 0 Å². The molecule has 3 N–H and O–H groups in total. The summed E-state index contributed by atoms with van der Waals surface area (Å²) in [6.45, 7) is 9.70. The first-order chi connectivity index (χ1) is 9.16. The van der Waals surface area contributed by atoms with Crippen LogP contribution >= 0.6 is 0 Å². The molecular formula is C16H26N2O3. The molecule has 2 rings (SSSR count). The second-order valence-corrected chi connectivity index (χ2v) is 6.36. The Labute approximate surface area is 126 Å². The number of hydrogen-bond donors (Lipinski definition) is 1. The number of likely N-dealkylation sites (N-methyl/N-ethyl adjacent to an activating group) is 1. The lowest BCUT2D eigenvalue weighted by Crippen LogP contribution is -2.55. The molecule has 0 unspecified atom stereocenters. The molecule has 1 aromatic rings. The van der Waals surface area contributed by atoms with E-state index in [0.29, 0.717) is 0 Å². The fourth-order valence-corrected chi connectivity index (χ4v) is 2.97. The topological polar surface area (TPSA) is 75.3 Å². The predicted molar refractivity (Wildman–Crippen MR) is 81.8 cm³/mol. The average Bonchev–Trinajstić information content (AvgIpc) is 2.55. The maximum atomic E-state index is 12.8. The van der Waals surface area contributed by atoms with Gasteiger partial charge in [0.05, 0.1) is 0 Å². The van der Waals surface area contributed by atoms with Crippen LogP contribution in [-0.2, 0) is 10.3 Å². The van der Waals surface area contributed by atoms with Crippen molar-refractivity contribution in [2.24, 2.45) is 5.92 Å². The Morgan fingerprint density at radius 2 is 1.62 bits per heavy atom. The Morgan fingerprint density at radius 1 is 1.14 bits per heavy atom. The predicted octanol–water partition coefficient (Wildman–Crippen LogP) is 1.92. The Bertz CT molecular complexity index is 529. The van der Waals surface area contributed by atoms with Crippen molar-refractivity contribution in [2.45, 2.75) is 45.8 Å². The Morgan fingerprint density at radius 3 is 2.00 bits per heavy atom. The Kier molecular flexibility index (Phi) is 4.53. The molecule has 5 nitrogen and oxygen atoms in total. The molecule has 1 aliphatic heterocycles. The van der Waals surface area contributed by atoms with E-state index in [-0.39, 0.29) is 17.3 Å². The van der Waals surface area contributed by atoms with Gasteiger partial charge in [-0.25, -0.2) is 0 Å². The summed E-state index contributed by atoms with van der Waals surface area (Å²) in [5.41, 5.74) is 0.192. The molecular weight excluding hydrogens is 268 g/mol. The Balaban J connectivity index is 0.00000220. The second-order valence-electron chi connectivity index (χ2n) is 6.36. The number of nitrogens with zero attached hydrogens (tertiary/aromatic N) is 2. The van der Waals surface area contributed by atoms with Crippen molar-refractivity contribution in [1.82, 2.24) is 9.96 Å². The largest absolute Gasteiger partial charge is 0.412 e. The summed E-state index contributed by atoms with van der Waals surface area (Å²) in [6.07, 6.45) is 0. The smallest absolute Gasteiger partial charge is 0.251 e. The molecule has 0 radical (unpaired) electrons. The standard InChI is InChI=1S/C16H24N2O2.H2O/c1-11(2)16(5)17(6)14(19)15(4,18(16)20)13-9-7-12(3)8-10-13;/h7-11,20H,1-6H3;1H2/t15-,16+;/m1./s1. The summed E-state index contributed by atoms with van der Waals surface area (Å²) in [5, 5.41) is 12.0. The number of benzene rings is 1. The van der Waals surface area contributed by atoms with Crippen LogP contribution in [0.25, 0.3) is 0 Å². The summed E-state index contributed by atoms with van der Waals surface area (Å²) in [4.78, 5) is 14.4. The van der Waals surface area contributed by atoms with Crippen LogP contribution in [0, 0.1) is 12.8 Å². The molecule has 0 bridgehead atoms. The van der Waals surface area contributed by atoms with Crippen LogP contribution in [0.15, 0.2) is 24.3 Å². The second kappa shape index (κ2) is 5.40. The highest BCUT2D eigenvalue weighted by Crippen LogP contribution is 2.45. The molecule has 21 heavy (non-hydrogen) atoms. The third-order valence-corrected chi connectivity index (χ3v) is 4.96. The van der Waals surface area contributed by atoms with Gasteiger partial charge in [0.1, 0.15) is 11.2 Å². The van der Waals surface area contributed by atoms with Gasteiger partial charge in [-0.1, -0.05) is 43.7 Å². The zero-order valence-electron chi connectivity index (χ0n) is 13.6. The first-order valence-corrected chi connectivity index (χ1v) is 7.01. The monoisotopic (exact) mass is 294 g/mol. The summed E-state index contributed by atoms with van der Waals surface area (Å²) in [6, 6.07) is 7.76. The summed E-state index contributed by atoms with van der Waals surface area (Å²) >= 11 is 0. The minimum absolute atomic E-state index is 0. The van der Waals surface area contributed by atoms with E-state index >= 15 is 0 Å². The maximum absolute atomic E-state index is 12.8. The number of aryl methyl sites for hydroxylation is 1. The number of carbonyl (C=O) groups is 1. The van der Waals surface area contributed by atoms with Gasteiger partial charge in [0.25, 0.3) is 5.91 Å². The molecule has 0 aromatic heterocycles. The minimum Gasteiger partial charge on any atom is -0.412 e. The summed E-state index contributed by atoms with van der Waals surface area (Å²) in [7, 11) is 1.75. The van der Waals surface area contributed by atoms with E-state index in [0.717, 1.165) is 11.1 Å². The van der Waals surface area contributed by atoms with Crippen molar-refractivity contribution in [3.05, 3.63) is 35.4 Å². The average molecular weight is 294 g/mol. The van der Waals surface area contributed by atoms with Gasteiger partial charge in [0.15, 0.2) is 0 Å². The van der Waals surface area contributed by atoms with Crippen molar-refractivity contribution in [3.8, 4) is 0 Å². The lowest BCUT2D eigenvalue weighted by Gasteiger charge is -2.41. The highest BCUT2D eigenvalue weighted by atomic mass is 16.5. The highest BCUT2D eigenvalue weighted by Gasteiger charge is 2.61. The summed E-state index contributed by atoms with van der Waals surface area (Å²) < 4.78 is 0. The molecule has 1 saturated heterocycles. The van der Waals surface area contributed by atoms with Crippen molar-refractivity contribution < 1.29 is 15.5 Å². The quantitative estimate of drug-likeness (QED) is 0.905. The molecule has 1 fully saturated rings. The lowest BCUT2D eigenvalue weighted by molar-refractivity contribution is -0.235. The fourth-order valence-electron chi connectivity index (χ4n) is 2.97. The number of hydrogen-bond acceptors (Lipinski definition) is 3. The molecule has 118 valence electrons. The zero-order chi connectivity index (χ0) is 15.3. The van der Waals surface area contributed by atoms with Crippen LogP contribution in [0.2, 0.25) is 0 Å². The van der Waals surface area contributed by atoms with Crippen LogP contribution in [0.3, 0.4) is 0 Å². The SMILES string of the molecule is Cc1ccc([C@]2(C)C(=O)N(C)[C@](C)(C(C)C)N2O)cc1.O. The van der Waals surface area contributed by atoms with Gasteiger partial charge in [0, 0.05) is 7.05 Å². The number of carbonyl (C=O) groups excluding carboxylic acids is 1. The van der Waals surface area contributed by atoms with Crippen LogP contribution < -0.4 is 0 Å². The highest BCUT2D eigenvalue weighted by molar-refractivity contribution is 5.90. The molecule has 1 heterocycles. The number of amides is 1. The van der Waals surface area contributed by atoms with Crippen molar-refractivity contribution in [1.29, 1.82) is 0 Å².